The Hall–Kier alpha value is -1.57. The number of esters is 1. The second kappa shape index (κ2) is 13.6. The average molecular weight is 410 g/mol. The van der Waals surface area contributed by atoms with Gasteiger partial charge in [-0.15, -0.1) is 11.8 Å². The highest BCUT2D eigenvalue weighted by Gasteiger charge is 2.08. The quantitative estimate of drug-likeness (QED) is 0.248. The molecule has 5 nitrogen and oxygen atoms in total. The molecule has 7 heteroatoms. The Kier molecular flexibility index (Phi) is 11.8. The van der Waals surface area contributed by atoms with Gasteiger partial charge in [0.25, 0.3) is 0 Å². The van der Waals surface area contributed by atoms with Gasteiger partial charge in [-0.25, -0.2) is 4.79 Å². The maximum Gasteiger partial charge on any atom is 0.330 e. The molecule has 0 unspecified atom stereocenters. The van der Waals surface area contributed by atoms with Gasteiger partial charge in [0.15, 0.2) is 5.11 Å². The van der Waals surface area contributed by atoms with E-state index in [2.05, 4.69) is 47.1 Å². The number of carbonyl (C=O) groups excluding carboxylic acids is 1. The summed E-state index contributed by atoms with van der Waals surface area (Å²) in [6.07, 6.45) is 4.17. The van der Waals surface area contributed by atoms with Crippen LogP contribution in [0.15, 0.2) is 29.2 Å². The monoisotopic (exact) mass is 409 g/mol. The number of hydrogen-bond donors (Lipinski definition) is 2. The highest BCUT2D eigenvalue weighted by molar-refractivity contribution is 7.99. The molecule has 0 aliphatic carbocycles. The lowest BCUT2D eigenvalue weighted by atomic mass is 10.2. The second-order valence-electron chi connectivity index (χ2n) is 5.87. The normalized spacial score (nSPS) is 11.0. The average Bonchev–Trinajstić information content (AvgIpc) is 2.68. The van der Waals surface area contributed by atoms with E-state index in [1.807, 2.05) is 12.1 Å². The van der Waals surface area contributed by atoms with Gasteiger partial charge in [0.1, 0.15) is 0 Å². The number of rotatable bonds is 11. The standard InChI is InChI=1S/C20H31N3O2S2/c1-5-12-21-20(26)22-17-15-16(9-11-19(24)25-4)8-10-18(17)27-14-13-23(6-2)7-3/h8-11,15H,5-7,12-14H2,1-4H3,(H2,21,22,26)/b11-9+. The van der Waals surface area contributed by atoms with Crippen molar-refractivity contribution < 1.29 is 9.53 Å². The Balaban J connectivity index is 2.89. The van der Waals surface area contributed by atoms with Crippen molar-refractivity contribution in [1.29, 1.82) is 0 Å². The van der Waals surface area contributed by atoms with Gasteiger partial charge >= 0.3 is 5.97 Å². The molecule has 1 aromatic rings. The van der Waals surface area contributed by atoms with E-state index in [1.54, 1.807) is 17.8 Å². The van der Waals surface area contributed by atoms with Gasteiger partial charge < -0.3 is 20.3 Å². The molecule has 0 heterocycles. The number of hydrogen-bond acceptors (Lipinski definition) is 5. The van der Waals surface area contributed by atoms with E-state index in [9.17, 15) is 4.79 Å². The molecular formula is C20H31N3O2S2. The minimum Gasteiger partial charge on any atom is -0.466 e. The molecule has 0 bridgehead atoms. The first-order chi connectivity index (χ1) is 13.0. The maximum atomic E-state index is 11.3. The van der Waals surface area contributed by atoms with Crippen LogP contribution >= 0.6 is 24.0 Å². The van der Waals surface area contributed by atoms with Gasteiger partial charge in [-0.05, 0) is 55.5 Å². The van der Waals surface area contributed by atoms with Gasteiger partial charge in [0, 0.05) is 29.8 Å². The Labute approximate surface area is 172 Å². The molecule has 0 fully saturated rings. The van der Waals surface area contributed by atoms with Crippen molar-refractivity contribution in [3.05, 3.63) is 29.8 Å². The highest BCUT2D eigenvalue weighted by atomic mass is 32.2. The topological polar surface area (TPSA) is 53.6 Å². The molecule has 0 amide bonds. The lowest BCUT2D eigenvalue weighted by molar-refractivity contribution is -0.134. The van der Waals surface area contributed by atoms with Crippen LogP contribution in [0.25, 0.3) is 6.08 Å². The molecule has 0 aromatic heterocycles. The molecule has 150 valence electrons. The summed E-state index contributed by atoms with van der Waals surface area (Å²) < 4.78 is 4.65. The van der Waals surface area contributed by atoms with Crippen LogP contribution in [0, 0.1) is 0 Å². The van der Waals surface area contributed by atoms with E-state index < -0.39 is 0 Å². The Morgan fingerprint density at radius 3 is 2.67 bits per heavy atom. The van der Waals surface area contributed by atoms with Crippen molar-refractivity contribution in [2.75, 3.05) is 44.4 Å². The number of anilines is 1. The molecule has 1 aromatic carbocycles. The molecule has 0 saturated heterocycles. The molecule has 2 N–H and O–H groups in total. The van der Waals surface area contributed by atoms with E-state index >= 15 is 0 Å². The van der Waals surface area contributed by atoms with Crippen LogP contribution in [-0.4, -0.2) is 55.0 Å². The number of nitrogens with one attached hydrogen (secondary N) is 2. The predicted molar refractivity (Wildman–Crippen MR) is 121 cm³/mol. The second-order valence-corrected chi connectivity index (χ2v) is 7.41. The minimum absolute atomic E-state index is 0.373. The lowest BCUT2D eigenvalue weighted by Gasteiger charge is -2.18. The first kappa shape index (κ1) is 23.5. The molecule has 0 spiro atoms. The minimum atomic E-state index is -0.373. The third-order valence-corrected chi connectivity index (χ3v) is 5.26. The number of thioether (sulfide) groups is 1. The van der Waals surface area contributed by atoms with Gasteiger partial charge in [-0.3, -0.25) is 0 Å². The summed E-state index contributed by atoms with van der Waals surface area (Å²) >= 11 is 7.19. The van der Waals surface area contributed by atoms with Gasteiger partial charge in [0.05, 0.1) is 12.8 Å². The van der Waals surface area contributed by atoms with Crippen molar-refractivity contribution in [2.24, 2.45) is 0 Å². The molecular weight excluding hydrogens is 378 g/mol. The van der Waals surface area contributed by atoms with E-state index in [-0.39, 0.29) is 5.97 Å². The number of nitrogens with zero attached hydrogens (tertiary/aromatic N) is 1. The van der Waals surface area contributed by atoms with Crippen LogP contribution < -0.4 is 10.6 Å². The Morgan fingerprint density at radius 2 is 2.04 bits per heavy atom. The Morgan fingerprint density at radius 1 is 1.30 bits per heavy atom. The van der Waals surface area contributed by atoms with E-state index in [0.717, 1.165) is 54.5 Å². The summed E-state index contributed by atoms with van der Waals surface area (Å²) in [6, 6.07) is 6.06. The van der Waals surface area contributed by atoms with Crippen LogP contribution in [0.3, 0.4) is 0 Å². The van der Waals surface area contributed by atoms with Gasteiger partial charge in [-0.2, -0.15) is 0 Å². The van der Waals surface area contributed by atoms with Crippen LogP contribution in [0.1, 0.15) is 32.8 Å². The van der Waals surface area contributed by atoms with Gasteiger partial charge in [0.2, 0.25) is 0 Å². The zero-order valence-electron chi connectivity index (χ0n) is 16.7. The number of ether oxygens (including phenoxy) is 1. The summed E-state index contributed by atoms with van der Waals surface area (Å²) in [4.78, 5) is 14.9. The molecule has 0 radical (unpaired) electrons. The predicted octanol–water partition coefficient (Wildman–Crippen LogP) is 4.00. The third kappa shape index (κ3) is 9.26. The summed E-state index contributed by atoms with van der Waals surface area (Å²) in [6.45, 7) is 10.5. The summed E-state index contributed by atoms with van der Waals surface area (Å²) in [7, 11) is 1.37. The fraction of sp³-hybridized carbons (Fsp3) is 0.500. The fourth-order valence-corrected chi connectivity index (χ4v) is 3.55. The molecule has 27 heavy (non-hydrogen) atoms. The fourth-order valence-electron chi connectivity index (χ4n) is 2.34. The van der Waals surface area contributed by atoms with Gasteiger partial charge in [-0.1, -0.05) is 26.8 Å². The van der Waals surface area contributed by atoms with Crippen molar-refractivity contribution >= 4 is 46.8 Å². The van der Waals surface area contributed by atoms with E-state index in [4.69, 9.17) is 12.2 Å². The number of carbonyl (C=O) groups is 1. The van der Waals surface area contributed by atoms with Crippen molar-refractivity contribution in [1.82, 2.24) is 10.2 Å². The molecule has 0 aliphatic rings. The molecule has 0 saturated carbocycles. The lowest BCUT2D eigenvalue weighted by Crippen LogP contribution is -2.29. The maximum absolute atomic E-state index is 11.3. The zero-order valence-corrected chi connectivity index (χ0v) is 18.3. The van der Waals surface area contributed by atoms with Crippen LogP contribution in [0.5, 0.6) is 0 Å². The molecule has 0 atom stereocenters. The summed E-state index contributed by atoms with van der Waals surface area (Å²) in [5, 5.41) is 7.09. The number of benzene rings is 1. The molecule has 0 aliphatic heterocycles. The summed E-state index contributed by atoms with van der Waals surface area (Å²) in [5.41, 5.74) is 1.86. The number of methoxy groups -OCH3 is 1. The van der Waals surface area contributed by atoms with Crippen LogP contribution in [-0.2, 0) is 9.53 Å². The highest BCUT2D eigenvalue weighted by Crippen LogP contribution is 2.29. The first-order valence-electron chi connectivity index (χ1n) is 9.34. The van der Waals surface area contributed by atoms with Crippen molar-refractivity contribution in [3.8, 4) is 0 Å². The van der Waals surface area contributed by atoms with Crippen LogP contribution in [0.2, 0.25) is 0 Å². The smallest absolute Gasteiger partial charge is 0.330 e. The van der Waals surface area contributed by atoms with Crippen molar-refractivity contribution in [2.45, 2.75) is 32.1 Å². The van der Waals surface area contributed by atoms with Crippen molar-refractivity contribution in [3.63, 3.8) is 0 Å². The zero-order chi connectivity index (χ0) is 20.1. The van der Waals surface area contributed by atoms with E-state index in [1.165, 1.54) is 13.2 Å². The first-order valence-corrected chi connectivity index (χ1v) is 10.7. The third-order valence-electron chi connectivity index (χ3n) is 3.96. The number of thiocarbonyl (C=S) groups is 1. The van der Waals surface area contributed by atoms with Crippen LogP contribution in [0.4, 0.5) is 5.69 Å². The SMILES string of the molecule is CCCNC(=S)Nc1cc(/C=C/C(=O)OC)ccc1SCCN(CC)CC. The van der Waals surface area contributed by atoms with E-state index in [0.29, 0.717) is 5.11 Å². The molecule has 1 rings (SSSR count). The largest absolute Gasteiger partial charge is 0.466 e. The summed E-state index contributed by atoms with van der Waals surface area (Å²) in [5.74, 6) is 0.630. The Bertz CT molecular complexity index is 632.